The number of hydrogen-bond donors (Lipinski definition) is 6. The van der Waals surface area contributed by atoms with Crippen LogP contribution in [0.2, 0.25) is 0 Å². The molecule has 0 spiro atoms. The number of Topliss-reactive ketones (excluding diaryl/α,β-unsaturated/α-hetero) is 2. The number of imide groups is 1. The first-order valence-electron chi connectivity index (χ1n) is 19.6. The van der Waals surface area contributed by atoms with E-state index >= 15 is 0 Å². The van der Waals surface area contributed by atoms with Crippen LogP contribution >= 0.6 is 11.8 Å². The summed E-state index contributed by atoms with van der Waals surface area (Å²) in [6, 6.07) is 13.1. The first kappa shape index (κ1) is 48.6. The van der Waals surface area contributed by atoms with Crippen molar-refractivity contribution in [2.24, 2.45) is 5.73 Å². The van der Waals surface area contributed by atoms with Crippen molar-refractivity contribution in [1.29, 1.82) is 0 Å². The number of rotatable bonds is 28. The highest BCUT2D eigenvalue weighted by molar-refractivity contribution is 8.01. The third kappa shape index (κ3) is 16.8. The first-order valence-corrected chi connectivity index (χ1v) is 20.7. The number of benzene rings is 2. The maximum Gasteiger partial charge on any atom is 0.322 e. The second-order valence-corrected chi connectivity index (χ2v) is 16.5. The average molecular weight is 843 g/mol. The van der Waals surface area contributed by atoms with E-state index in [-0.39, 0.29) is 87.9 Å². The van der Waals surface area contributed by atoms with E-state index in [0.29, 0.717) is 25.8 Å². The molecular formula is C41H58N6O11S. The first-order chi connectivity index (χ1) is 27.9. The second-order valence-electron chi connectivity index (χ2n) is 15.3. The highest BCUT2D eigenvalue weighted by Gasteiger charge is 2.39. The minimum Gasteiger partial charge on any atom is -0.480 e. The van der Waals surface area contributed by atoms with Gasteiger partial charge in [0, 0.05) is 38.9 Å². The number of nitrogens with two attached hydrogens (primary N) is 1. The number of ketones is 2. The highest BCUT2D eigenvalue weighted by Crippen LogP contribution is 2.25. The summed E-state index contributed by atoms with van der Waals surface area (Å²) >= 11 is 0.940. The number of carbonyl (C=O) groups excluding carboxylic acids is 7. The molecule has 0 saturated carbocycles. The number of fused-ring (bicyclic) bond motifs is 1. The van der Waals surface area contributed by atoms with Crippen molar-refractivity contribution in [3.05, 3.63) is 48.0 Å². The largest absolute Gasteiger partial charge is 0.480 e. The third-order valence-corrected chi connectivity index (χ3v) is 10.6. The Hall–Kier alpha value is -4.75. The summed E-state index contributed by atoms with van der Waals surface area (Å²) in [5, 5.41) is 20.8. The maximum atomic E-state index is 13.5. The highest BCUT2D eigenvalue weighted by atomic mass is 32.2. The number of carboxylic acids is 1. The van der Waals surface area contributed by atoms with Gasteiger partial charge in [-0.15, -0.1) is 11.8 Å². The van der Waals surface area contributed by atoms with E-state index in [2.05, 4.69) is 21.3 Å². The maximum absolute atomic E-state index is 13.5. The van der Waals surface area contributed by atoms with Crippen LogP contribution in [0, 0.1) is 0 Å². The lowest BCUT2D eigenvalue weighted by atomic mass is 9.86. The topological polar surface area (TPSA) is 253 Å². The molecule has 5 amide bonds. The normalized spacial score (nSPS) is 14.9. The number of carbonyl (C=O) groups is 8. The van der Waals surface area contributed by atoms with E-state index in [4.69, 9.17) is 20.3 Å². The molecule has 0 bridgehead atoms. The van der Waals surface area contributed by atoms with Crippen LogP contribution in [0.3, 0.4) is 0 Å². The standard InChI is InChI=1S/C41H58N6O11S/c1-40(2,42)38(55)30(46-41(3,4)32(48)22-28-12-9-11-27-10-5-6-13-29(27)28)14-7-8-16-43-34(50)25-58-21-20-57-19-17-44-33(49)15-18-47-36(52)23-31(39(47)56)59-26-35(51)45-24-37(53)54/h5-6,9-13,30-31,46H,7-8,14-26,42H2,1-4H3,(H,43,50)(H,44,49)(H,45,51)(H,53,54). The van der Waals surface area contributed by atoms with Gasteiger partial charge in [-0.2, -0.15) is 0 Å². The average Bonchev–Trinajstić information content (AvgIpc) is 3.45. The Balaban J connectivity index is 1.25. The molecule has 324 valence electrons. The van der Waals surface area contributed by atoms with E-state index in [1.54, 1.807) is 27.7 Å². The van der Waals surface area contributed by atoms with Gasteiger partial charge < -0.3 is 36.3 Å². The molecule has 3 rings (SSSR count). The van der Waals surface area contributed by atoms with Crippen molar-refractivity contribution in [2.75, 3.05) is 58.4 Å². The summed E-state index contributed by atoms with van der Waals surface area (Å²) in [6.45, 7) is 7.04. The molecule has 1 heterocycles. The molecule has 1 aliphatic rings. The van der Waals surface area contributed by atoms with Crippen LogP contribution < -0.4 is 27.0 Å². The van der Waals surface area contributed by atoms with E-state index in [1.165, 1.54) is 0 Å². The van der Waals surface area contributed by atoms with Gasteiger partial charge >= 0.3 is 5.97 Å². The number of amides is 5. The van der Waals surface area contributed by atoms with E-state index in [1.807, 2.05) is 42.5 Å². The molecule has 1 saturated heterocycles. The zero-order valence-electron chi connectivity index (χ0n) is 34.3. The van der Waals surface area contributed by atoms with E-state index in [9.17, 15) is 38.4 Å². The molecule has 2 aromatic carbocycles. The second kappa shape index (κ2) is 23.7. The lowest BCUT2D eigenvalue weighted by Gasteiger charge is -2.33. The molecular weight excluding hydrogens is 785 g/mol. The van der Waals surface area contributed by atoms with Crippen LogP contribution in [0.1, 0.15) is 65.4 Å². The van der Waals surface area contributed by atoms with Crippen LogP contribution in [0.25, 0.3) is 10.8 Å². The third-order valence-electron chi connectivity index (χ3n) is 9.45. The number of aliphatic carboxylic acids is 1. The lowest BCUT2D eigenvalue weighted by molar-refractivity contribution is -0.139. The lowest BCUT2D eigenvalue weighted by Crippen LogP contribution is -2.59. The molecule has 59 heavy (non-hydrogen) atoms. The molecule has 1 aliphatic heterocycles. The number of carboxylic acid groups (broad SMARTS) is 1. The summed E-state index contributed by atoms with van der Waals surface area (Å²) in [5.41, 5.74) is 4.99. The van der Waals surface area contributed by atoms with Gasteiger partial charge in [0.1, 0.15) is 13.2 Å². The van der Waals surface area contributed by atoms with Gasteiger partial charge in [0.05, 0.1) is 47.9 Å². The summed E-state index contributed by atoms with van der Waals surface area (Å²) in [4.78, 5) is 99.4. The van der Waals surface area contributed by atoms with Crippen LogP contribution in [0.5, 0.6) is 0 Å². The number of nitrogens with one attached hydrogen (secondary N) is 4. The van der Waals surface area contributed by atoms with Crippen molar-refractivity contribution in [3.63, 3.8) is 0 Å². The molecule has 7 N–H and O–H groups in total. The fourth-order valence-corrected chi connectivity index (χ4v) is 7.18. The Morgan fingerprint density at radius 1 is 0.881 bits per heavy atom. The summed E-state index contributed by atoms with van der Waals surface area (Å²) in [7, 11) is 0. The van der Waals surface area contributed by atoms with Gasteiger partial charge in [-0.05, 0) is 63.3 Å². The zero-order chi connectivity index (χ0) is 43.6. The van der Waals surface area contributed by atoms with Gasteiger partial charge in [-0.3, -0.25) is 48.6 Å². The fraction of sp³-hybridized carbons (Fsp3) is 0.561. The van der Waals surface area contributed by atoms with Crippen molar-refractivity contribution in [3.8, 4) is 0 Å². The molecule has 0 aliphatic carbocycles. The number of unbranched alkanes of at least 4 members (excludes halogenated alkanes) is 1. The Kier molecular flexibility index (Phi) is 19.6. The summed E-state index contributed by atoms with van der Waals surface area (Å²) in [6.07, 6.45) is 1.59. The van der Waals surface area contributed by atoms with Crippen molar-refractivity contribution < 1.29 is 52.9 Å². The van der Waals surface area contributed by atoms with E-state index < -0.39 is 52.6 Å². The molecule has 1 fully saturated rings. The minimum atomic E-state index is -1.20. The molecule has 0 aromatic heterocycles. The summed E-state index contributed by atoms with van der Waals surface area (Å²) < 4.78 is 10.8. The SMILES string of the molecule is CC(C)(N)C(=O)C(CCCCNC(=O)COCCOCCNC(=O)CCN1C(=O)CC(SCC(=O)NCC(=O)O)C1=O)NC(C)(C)C(=O)Cc1cccc2ccccc12. The van der Waals surface area contributed by atoms with Crippen molar-refractivity contribution in [1.82, 2.24) is 26.2 Å². The smallest absolute Gasteiger partial charge is 0.322 e. The van der Waals surface area contributed by atoms with E-state index in [0.717, 1.165) is 33.0 Å². The monoisotopic (exact) mass is 842 g/mol. The van der Waals surface area contributed by atoms with Crippen molar-refractivity contribution in [2.45, 2.75) is 88.6 Å². The quantitative estimate of drug-likeness (QED) is 0.0514. The van der Waals surface area contributed by atoms with Gasteiger partial charge in [-0.25, -0.2) is 0 Å². The minimum absolute atomic E-state index is 0.0512. The number of hydrogen-bond acceptors (Lipinski definition) is 13. The van der Waals surface area contributed by atoms with Gasteiger partial charge in [-0.1, -0.05) is 42.5 Å². The molecule has 18 heteroatoms. The number of likely N-dealkylation sites (tertiary alicyclic amines) is 1. The van der Waals surface area contributed by atoms with Gasteiger partial charge in [0.2, 0.25) is 29.5 Å². The Morgan fingerprint density at radius 2 is 1.58 bits per heavy atom. The zero-order valence-corrected chi connectivity index (χ0v) is 35.1. The van der Waals surface area contributed by atoms with Crippen LogP contribution in [-0.2, 0) is 54.3 Å². The molecule has 0 radical (unpaired) electrons. The fourth-order valence-electron chi connectivity index (χ4n) is 6.20. The van der Waals surface area contributed by atoms with Crippen molar-refractivity contribution >= 4 is 69.6 Å². The number of thioether (sulfide) groups is 1. The Labute approximate surface area is 348 Å². The van der Waals surface area contributed by atoms with Gasteiger partial charge in [0.15, 0.2) is 11.6 Å². The summed E-state index contributed by atoms with van der Waals surface area (Å²) in [5.74, 6) is -3.84. The predicted molar refractivity (Wildman–Crippen MR) is 221 cm³/mol. The Bertz CT molecular complexity index is 1810. The van der Waals surface area contributed by atoms with Crippen LogP contribution in [-0.4, -0.2) is 138 Å². The van der Waals surface area contributed by atoms with Gasteiger partial charge in [0.25, 0.3) is 0 Å². The van der Waals surface area contributed by atoms with Crippen LogP contribution in [0.4, 0.5) is 0 Å². The predicted octanol–water partition coefficient (Wildman–Crippen LogP) is 0.882. The molecule has 2 unspecified atom stereocenters. The number of ether oxygens (including phenoxy) is 2. The molecule has 2 aromatic rings. The number of nitrogens with zero attached hydrogens (tertiary/aromatic N) is 1. The molecule has 2 atom stereocenters. The molecule has 17 nitrogen and oxygen atoms in total. The Morgan fingerprint density at radius 3 is 2.31 bits per heavy atom. The van der Waals surface area contributed by atoms with Crippen LogP contribution in [0.15, 0.2) is 42.5 Å².